The highest BCUT2D eigenvalue weighted by atomic mass is 32.2. The highest BCUT2D eigenvalue weighted by molar-refractivity contribution is 7.91. The van der Waals surface area contributed by atoms with Crippen molar-refractivity contribution in [2.75, 3.05) is 31.2 Å². The van der Waals surface area contributed by atoms with Crippen LogP contribution in [0.3, 0.4) is 0 Å². The summed E-state index contributed by atoms with van der Waals surface area (Å²) in [5, 5.41) is 9.20. The molecule has 1 heterocycles. The smallest absolute Gasteiger partial charge is 0.118 e. The topological polar surface area (TPSA) is 46.5 Å². The summed E-state index contributed by atoms with van der Waals surface area (Å²) in [4.78, 5) is 2.26. The van der Waals surface area contributed by atoms with Gasteiger partial charge in [0.2, 0.25) is 0 Å². The van der Waals surface area contributed by atoms with Gasteiger partial charge >= 0.3 is 0 Å². The van der Waals surface area contributed by atoms with Crippen LogP contribution >= 0.6 is 0 Å². The molecule has 0 aliphatic carbocycles. The molecule has 1 saturated heterocycles. The highest BCUT2D eigenvalue weighted by Crippen LogP contribution is 2.14. The van der Waals surface area contributed by atoms with E-state index in [2.05, 4.69) is 18.7 Å². The first-order chi connectivity index (χ1) is 6.15. The molecule has 1 aliphatic rings. The maximum absolute atomic E-state index is 11.1. The first kappa shape index (κ1) is 11.3. The monoisotopic (exact) mass is 205 g/mol. The molecule has 1 atom stereocenters. The molecule has 1 fully saturated rings. The molecule has 78 valence electrons. The van der Waals surface area contributed by atoms with Crippen molar-refractivity contribution in [3.63, 3.8) is 0 Å². The second-order valence-corrected chi connectivity index (χ2v) is 5.57. The molecule has 1 N–H and O–H groups in total. The van der Waals surface area contributed by atoms with Crippen LogP contribution in [-0.4, -0.2) is 51.8 Å². The first-order valence-corrected chi connectivity index (χ1v) is 6.34. The molecule has 0 spiro atoms. The van der Waals surface area contributed by atoms with Crippen LogP contribution in [0.4, 0.5) is 0 Å². The molecule has 1 rings (SSSR count). The Kier molecular flexibility index (Phi) is 4.52. The summed E-state index contributed by atoms with van der Waals surface area (Å²) >= 11 is -0.616. The lowest BCUT2D eigenvalue weighted by Gasteiger charge is -2.35. The molecule has 0 aromatic carbocycles. The third kappa shape index (κ3) is 3.13. The fourth-order valence-corrected chi connectivity index (χ4v) is 2.81. The molecule has 0 aromatic rings. The van der Waals surface area contributed by atoms with Gasteiger partial charge in [-0.1, -0.05) is 25.0 Å². The van der Waals surface area contributed by atoms with Gasteiger partial charge in [0, 0.05) is 19.1 Å². The molecular weight excluding hydrogens is 186 g/mol. The van der Waals surface area contributed by atoms with Crippen LogP contribution in [0.2, 0.25) is 0 Å². The Morgan fingerprint density at radius 1 is 1.38 bits per heavy atom. The molecule has 0 amide bonds. The van der Waals surface area contributed by atoms with Gasteiger partial charge in [-0.05, 0) is 5.92 Å². The second-order valence-electron chi connectivity index (χ2n) is 3.88. The molecule has 4 heteroatoms. The summed E-state index contributed by atoms with van der Waals surface area (Å²) in [5.74, 6) is 2.00. The van der Waals surface area contributed by atoms with Gasteiger partial charge in [-0.2, -0.15) is 0 Å². The number of rotatable bonds is 3. The summed E-state index contributed by atoms with van der Waals surface area (Å²) in [5.41, 5.74) is 0. The van der Waals surface area contributed by atoms with Crippen molar-refractivity contribution < 1.29 is 9.66 Å². The van der Waals surface area contributed by atoms with Gasteiger partial charge in [0.05, 0.1) is 6.61 Å². The zero-order valence-electron chi connectivity index (χ0n) is 8.40. The Labute approximate surface area is 83.3 Å². The molecule has 3 nitrogen and oxygen atoms in total. The summed E-state index contributed by atoms with van der Waals surface area (Å²) < 4.78 is 11.1. The predicted octanol–water partition coefficient (Wildman–Crippen LogP) is 0.0676. The predicted molar refractivity (Wildman–Crippen MR) is 55.2 cm³/mol. The van der Waals surface area contributed by atoms with E-state index in [1.807, 2.05) is 0 Å². The van der Waals surface area contributed by atoms with Crippen molar-refractivity contribution in [2.24, 2.45) is 5.92 Å². The maximum Gasteiger partial charge on any atom is 0.118 e. The molecule has 13 heavy (non-hydrogen) atoms. The van der Waals surface area contributed by atoms with Gasteiger partial charge < -0.3 is 9.66 Å². The highest BCUT2D eigenvalue weighted by Gasteiger charge is 2.26. The zero-order chi connectivity index (χ0) is 9.84. The number of hydrogen-bond acceptors (Lipinski definition) is 3. The van der Waals surface area contributed by atoms with Crippen LogP contribution in [0.25, 0.3) is 0 Å². The fraction of sp³-hybridized carbons (Fsp3) is 1.00. The average molecular weight is 205 g/mol. The van der Waals surface area contributed by atoms with E-state index in [0.29, 0.717) is 5.92 Å². The van der Waals surface area contributed by atoms with Gasteiger partial charge in [0.1, 0.15) is 11.5 Å². The summed E-state index contributed by atoms with van der Waals surface area (Å²) in [6.45, 7) is 6.19. The summed E-state index contributed by atoms with van der Waals surface area (Å²) in [7, 11) is 0. The Morgan fingerprint density at radius 3 is 2.31 bits per heavy atom. The molecule has 0 radical (unpaired) electrons. The number of nitrogens with zero attached hydrogens (tertiary/aromatic N) is 1. The van der Waals surface area contributed by atoms with Gasteiger partial charge in [-0.25, -0.2) is 0 Å². The Balaban J connectivity index is 2.41. The molecule has 0 aromatic heterocycles. The van der Waals surface area contributed by atoms with E-state index < -0.39 is 11.2 Å². The van der Waals surface area contributed by atoms with Crippen LogP contribution in [-0.2, 0) is 11.2 Å². The van der Waals surface area contributed by atoms with E-state index in [9.17, 15) is 9.66 Å². The van der Waals surface area contributed by atoms with Gasteiger partial charge in [0.15, 0.2) is 0 Å². The third-order valence-electron chi connectivity index (χ3n) is 2.64. The minimum absolute atomic E-state index is 0.213. The minimum Gasteiger partial charge on any atom is -0.616 e. The Bertz CT molecular complexity index is 147. The lowest BCUT2D eigenvalue weighted by atomic mass is 10.0. The van der Waals surface area contributed by atoms with Crippen LogP contribution < -0.4 is 0 Å². The molecule has 1 aliphatic heterocycles. The molecule has 0 saturated carbocycles. The number of hydrogen-bond donors (Lipinski definition) is 1. The lowest BCUT2D eigenvalue weighted by molar-refractivity contribution is 0.0983. The first-order valence-electron chi connectivity index (χ1n) is 4.85. The Morgan fingerprint density at radius 2 is 1.92 bits per heavy atom. The SMILES string of the molecule is CC(C)C(CO)N1CC[S+]([O-])CC1. The standard InChI is InChI=1S/C9H19NO2S/c1-8(2)9(7-11)10-3-5-13(12)6-4-10/h8-9,11H,3-7H2,1-2H3. The normalized spacial score (nSPS) is 23.8. The van der Waals surface area contributed by atoms with Crippen molar-refractivity contribution in [1.29, 1.82) is 0 Å². The maximum atomic E-state index is 11.1. The van der Waals surface area contributed by atoms with Crippen molar-refractivity contribution in [3.05, 3.63) is 0 Å². The van der Waals surface area contributed by atoms with E-state index in [4.69, 9.17) is 0 Å². The Hall–Kier alpha value is 0.230. The second kappa shape index (κ2) is 5.20. The molecular formula is C9H19NO2S. The fourth-order valence-electron chi connectivity index (χ4n) is 1.73. The number of aliphatic hydroxyl groups excluding tert-OH is 1. The molecule has 1 unspecified atom stereocenters. The van der Waals surface area contributed by atoms with E-state index in [1.165, 1.54) is 0 Å². The average Bonchev–Trinajstić information content (AvgIpc) is 2.09. The minimum atomic E-state index is -0.616. The largest absolute Gasteiger partial charge is 0.616 e. The third-order valence-corrected chi connectivity index (χ3v) is 3.91. The number of aliphatic hydroxyl groups is 1. The van der Waals surface area contributed by atoms with Crippen LogP contribution in [0.15, 0.2) is 0 Å². The quantitative estimate of drug-likeness (QED) is 0.663. The summed E-state index contributed by atoms with van der Waals surface area (Å²) in [6, 6.07) is 0.247. The van der Waals surface area contributed by atoms with Crippen molar-refractivity contribution in [3.8, 4) is 0 Å². The van der Waals surface area contributed by atoms with Crippen molar-refractivity contribution >= 4 is 11.2 Å². The van der Waals surface area contributed by atoms with Crippen LogP contribution in [0.5, 0.6) is 0 Å². The van der Waals surface area contributed by atoms with Gasteiger partial charge in [0.25, 0.3) is 0 Å². The van der Waals surface area contributed by atoms with E-state index in [0.717, 1.165) is 24.6 Å². The van der Waals surface area contributed by atoms with Crippen LogP contribution in [0, 0.1) is 5.92 Å². The summed E-state index contributed by atoms with van der Waals surface area (Å²) in [6.07, 6.45) is 0. The zero-order valence-corrected chi connectivity index (χ0v) is 9.22. The lowest BCUT2D eigenvalue weighted by Crippen LogP contribution is -2.49. The van der Waals surface area contributed by atoms with Gasteiger partial charge in [-0.3, -0.25) is 4.90 Å². The van der Waals surface area contributed by atoms with Gasteiger partial charge in [-0.15, -0.1) is 0 Å². The van der Waals surface area contributed by atoms with E-state index in [-0.39, 0.29) is 12.6 Å². The van der Waals surface area contributed by atoms with Crippen molar-refractivity contribution in [2.45, 2.75) is 19.9 Å². The van der Waals surface area contributed by atoms with Crippen LogP contribution in [0.1, 0.15) is 13.8 Å². The van der Waals surface area contributed by atoms with E-state index in [1.54, 1.807) is 0 Å². The molecule has 0 bridgehead atoms. The van der Waals surface area contributed by atoms with Crippen molar-refractivity contribution in [1.82, 2.24) is 4.90 Å². The van der Waals surface area contributed by atoms with E-state index >= 15 is 0 Å².